The average Bonchev–Trinajstić information content (AvgIpc) is 2.76. The SMILES string of the molecule is CCC(CC)C(=O)N1CCC(NC(=NC)NCCOc2cccc(C(C)(C)C)c2)CC1. The van der Waals surface area contributed by atoms with Crippen molar-refractivity contribution in [2.75, 3.05) is 33.3 Å². The van der Waals surface area contributed by atoms with Crippen molar-refractivity contribution in [2.45, 2.75) is 71.8 Å². The summed E-state index contributed by atoms with van der Waals surface area (Å²) >= 11 is 0. The van der Waals surface area contributed by atoms with Gasteiger partial charge in [0.05, 0.1) is 6.54 Å². The molecule has 0 atom stereocenters. The van der Waals surface area contributed by atoms with Gasteiger partial charge in [-0.05, 0) is 48.8 Å². The number of guanidine groups is 1. The van der Waals surface area contributed by atoms with Gasteiger partial charge in [0.25, 0.3) is 0 Å². The minimum atomic E-state index is 0.109. The lowest BCUT2D eigenvalue weighted by molar-refractivity contribution is -0.136. The van der Waals surface area contributed by atoms with Gasteiger partial charge < -0.3 is 20.3 Å². The summed E-state index contributed by atoms with van der Waals surface area (Å²) in [4.78, 5) is 18.9. The van der Waals surface area contributed by atoms with Crippen LogP contribution in [0.5, 0.6) is 5.75 Å². The highest BCUT2D eigenvalue weighted by Crippen LogP contribution is 2.25. The third-order valence-electron chi connectivity index (χ3n) is 6.07. The highest BCUT2D eigenvalue weighted by atomic mass is 16.5. The molecule has 1 aliphatic heterocycles. The molecule has 1 aromatic carbocycles. The number of piperidine rings is 1. The van der Waals surface area contributed by atoms with Crippen LogP contribution < -0.4 is 15.4 Å². The third-order valence-corrected chi connectivity index (χ3v) is 6.07. The van der Waals surface area contributed by atoms with E-state index in [1.807, 2.05) is 17.0 Å². The van der Waals surface area contributed by atoms with Gasteiger partial charge in [-0.15, -0.1) is 0 Å². The Morgan fingerprint density at radius 3 is 2.48 bits per heavy atom. The molecule has 6 nitrogen and oxygen atoms in total. The molecule has 0 saturated carbocycles. The number of benzene rings is 1. The lowest BCUT2D eigenvalue weighted by Gasteiger charge is -2.34. The number of ether oxygens (including phenoxy) is 1. The summed E-state index contributed by atoms with van der Waals surface area (Å²) in [6.45, 7) is 13.7. The van der Waals surface area contributed by atoms with Crippen molar-refractivity contribution >= 4 is 11.9 Å². The molecule has 1 heterocycles. The Bertz CT molecular complexity index is 714. The maximum Gasteiger partial charge on any atom is 0.225 e. The Morgan fingerprint density at radius 1 is 1.23 bits per heavy atom. The fourth-order valence-corrected chi connectivity index (χ4v) is 3.92. The molecule has 0 spiro atoms. The van der Waals surface area contributed by atoms with Gasteiger partial charge in [-0.1, -0.05) is 46.8 Å². The van der Waals surface area contributed by atoms with Crippen LogP contribution in [0.15, 0.2) is 29.3 Å². The molecule has 0 unspecified atom stereocenters. The Labute approximate surface area is 188 Å². The summed E-state index contributed by atoms with van der Waals surface area (Å²) in [6.07, 6.45) is 3.74. The van der Waals surface area contributed by atoms with Crippen LogP contribution in [0, 0.1) is 5.92 Å². The van der Waals surface area contributed by atoms with E-state index in [0.29, 0.717) is 25.1 Å². The quantitative estimate of drug-likeness (QED) is 0.372. The van der Waals surface area contributed by atoms with E-state index in [-0.39, 0.29) is 11.3 Å². The number of carbonyl (C=O) groups is 1. The summed E-state index contributed by atoms with van der Waals surface area (Å²) in [6, 6.07) is 8.63. The molecular formula is C25H42N4O2. The molecule has 0 radical (unpaired) electrons. The fraction of sp³-hybridized carbons (Fsp3) is 0.680. The second kappa shape index (κ2) is 12.0. The van der Waals surface area contributed by atoms with Crippen LogP contribution in [0.1, 0.15) is 65.9 Å². The normalized spacial score (nSPS) is 15.8. The number of likely N-dealkylation sites (tertiary alicyclic amines) is 1. The van der Waals surface area contributed by atoms with Crippen molar-refractivity contribution in [3.05, 3.63) is 29.8 Å². The molecule has 1 saturated heterocycles. The molecule has 1 fully saturated rings. The third kappa shape index (κ3) is 7.75. The summed E-state index contributed by atoms with van der Waals surface area (Å²) in [5.41, 5.74) is 1.38. The molecule has 1 aromatic rings. The Balaban J connectivity index is 1.72. The van der Waals surface area contributed by atoms with Crippen molar-refractivity contribution in [1.82, 2.24) is 15.5 Å². The van der Waals surface area contributed by atoms with Crippen molar-refractivity contribution in [2.24, 2.45) is 10.9 Å². The molecule has 0 aromatic heterocycles. The maximum atomic E-state index is 12.6. The molecule has 31 heavy (non-hydrogen) atoms. The van der Waals surface area contributed by atoms with Crippen LogP contribution in [0.3, 0.4) is 0 Å². The van der Waals surface area contributed by atoms with Gasteiger partial charge >= 0.3 is 0 Å². The van der Waals surface area contributed by atoms with Gasteiger partial charge in [-0.3, -0.25) is 9.79 Å². The molecular weight excluding hydrogens is 388 g/mol. The van der Waals surface area contributed by atoms with Gasteiger partial charge in [-0.25, -0.2) is 0 Å². The van der Waals surface area contributed by atoms with Crippen LogP contribution in [-0.4, -0.2) is 56.1 Å². The number of amides is 1. The van der Waals surface area contributed by atoms with E-state index < -0.39 is 0 Å². The highest BCUT2D eigenvalue weighted by molar-refractivity contribution is 5.80. The van der Waals surface area contributed by atoms with Crippen molar-refractivity contribution < 1.29 is 9.53 Å². The van der Waals surface area contributed by atoms with E-state index in [1.54, 1.807) is 7.05 Å². The monoisotopic (exact) mass is 430 g/mol. The lowest BCUT2D eigenvalue weighted by atomic mass is 9.87. The summed E-state index contributed by atoms with van der Waals surface area (Å²) in [5, 5.41) is 6.83. The first kappa shape index (κ1) is 25.0. The number of hydrogen-bond acceptors (Lipinski definition) is 3. The Kier molecular flexibility index (Phi) is 9.66. The molecule has 6 heteroatoms. The first-order chi connectivity index (χ1) is 14.8. The van der Waals surface area contributed by atoms with Gasteiger partial charge in [0, 0.05) is 32.1 Å². The minimum absolute atomic E-state index is 0.109. The highest BCUT2D eigenvalue weighted by Gasteiger charge is 2.26. The number of hydrogen-bond donors (Lipinski definition) is 2. The van der Waals surface area contributed by atoms with Crippen LogP contribution in [0.25, 0.3) is 0 Å². The molecule has 2 rings (SSSR count). The summed E-state index contributed by atoms with van der Waals surface area (Å²) in [5.74, 6) is 2.17. The number of carbonyl (C=O) groups excluding carboxylic acids is 1. The van der Waals surface area contributed by atoms with Gasteiger partial charge in [0.1, 0.15) is 12.4 Å². The van der Waals surface area contributed by atoms with Crippen molar-refractivity contribution in [3.63, 3.8) is 0 Å². The second-order valence-corrected chi connectivity index (χ2v) is 9.38. The Hall–Kier alpha value is -2.24. The summed E-state index contributed by atoms with van der Waals surface area (Å²) < 4.78 is 5.92. The first-order valence-corrected chi connectivity index (χ1v) is 11.8. The minimum Gasteiger partial charge on any atom is -0.492 e. The van der Waals surface area contributed by atoms with Gasteiger partial charge in [0.2, 0.25) is 5.91 Å². The van der Waals surface area contributed by atoms with Crippen LogP contribution in [0.4, 0.5) is 0 Å². The zero-order valence-corrected chi connectivity index (χ0v) is 20.3. The molecule has 1 amide bonds. The predicted molar refractivity (Wildman–Crippen MR) is 129 cm³/mol. The predicted octanol–water partition coefficient (Wildman–Crippen LogP) is 3.96. The summed E-state index contributed by atoms with van der Waals surface area (Å²) in [7, 11) is 1.79. The topological polar surface area (TPSA) is 66.0 Å². The first-order valence-electron chi connectivity index (χ1n) is 11.8. The lowest BCUT2D eigenvalue weighted by Crippen LogP contribution is -2.51. The van der Waals surface area contributed by atoms with E-state index in [0.717, 1.165) is 50.5 Å². The second-order valence-electron chi connectivity index (χ2n) is 9.38. The Morgan fingerprint density at radius 2 is 1.90 bits per heavy atom. The van der Waals surface area contributed by atoms with E-state index in [2.05, 4.69) is 62.4 Å². The molecule has 174 valence electrons. The smallest absolute Gasteiger partial charge is 0.225 e. The van der Waals surface area contributed by atoms with E-state index in [9.17, 15) is 4.79 Å². The number of rotatable bonds is 8. The van der Waals surface area contributed by atoms with Crippen molar-refractivity contribution in [1.29, 1.82) is 0 Å². The number of nitrogens with zero attached hydrogens (tertiary/aromatic N) is 2. The molecule has 2 N–H and O–H groups in total. The molecule has 0 aliphatic carbocycles. The standard InChI is InChI=1S/C25H42N4O2/c1-7-19(8-2)23(30)29-15-12-21(13-16-29)28-24(26-6)27-14-17-31-22-11-9-10-20(18-22)25(3,4)5/h9-11,18-19,21H,7-8,12-17H2,1-6H3,(H2,26,27,28). The van der Waals surface area contributed by atoms with Crippen molar-refractivity contribution in [3.8, 4) is 5.75 Å². The zero-order chi connectivity index (χ0) is 22.9. The van der Waals surface area contributed by atoms with E-state index >= 15 is 0 Å². The fourth-order valence-electron chi connectivity index (χ4n) is 3.92. The number of aliphatic imine (C=N–C) groups is 1. The van der Waals surface area contributed by atoms with E-state index in [1.165, 1.54) is 5.56 Å². The van der Waals surface area contributed by atoms with E-state index in [4.69, 9.17) is 4.74 Å². The molecule has 0 bridgehead atoms. The largest absolute Gasteiger partial charge is 0.492 e. The number of nitrogens with one attached hydrogen (secondary N) is 2. The molecule has 1 aliphatic rings. The maximum absolute atomic E-state index is 12.6. The van der Waals surface area contributed by atoms with Crippen LogP contribution in [-0.2, 0) is 10.2 Å². The average molecular weight is 431 g/mol. The van der Waals surface area contributed by atoms with Gasteiger partial charge in [0.15, 0.2) is 5.96 Å². The van der Waals surface area contributed by atoms with Gasteiger partial charge in [-0.2, -0.15) is 0 Å². The van der Waals surface area contributed by atoms with Crippen LogP contribution >= 0.6 is 0 Å². The van der Waals surface area contributed by atoms with Crippen LogP contribution in [0.2, 0.25) is 0 Å². The zero-order valence-electron chi connectivity index (χ0n) is 20.3.